The van der Waals surface area contributed by atoms with E-state index in [2.05, 4.69) is 15.9 Å². The van der Waals surface area contributed by atoms with Crippen LogP contribution in [0.5, 0.6) is 0 Å². The van der Waals surface area contributed by atoms with Crippen LogP contribution in [0.1, 0.15) is 15.9 Å². The van der Waals surface area contributed by atoms with Gasteiger partial charge in [0.1, 0.15) is 0 Å². The molecular formula is C9H6BrClN2O. The number of nitrogen functional groups attached to an aromatic ring is 1. The number of hydrogen-bond acceptors (Lipinski definition) is 3. The maximum Gasteiger partial charge on any atom is 0.176 e. The van der Waals surface area contributed by atoms with Crippen molar-refractivity contribution in [2.45, 2.75) is 0 Å². The molecule has 14 heavy (non-hydrogen) atoms. The molecule has 1 aromatic carbocycles. The summed E-state index contributed by atoms with van der Waals surface area (Å²) < 4.78 is 0. The molecule has 0 fully saturated rings. The van der Waals surface area contributed by atoms with E-state index in [1.54, 1.807) is 0 Å². The monoisotopic (exact) mass is 272 g/mol. The summed E-state index contributed by atoms with van der Waals surface area (Å²) in [5, 5.41) is 9.16. The van der Waals surface area contributed by atoms with Crippen LogP contribution in [-0.4, -0.2) is 11.1 Å². The Morgan fingerprint density at radius 2 is 2.29 bits per heavy atom. The van der Waals surface area contributed by atoms with Crippen LogP contribution in [0.25, 0.3) is 0 Å². The smallest absolute Gasteiger partial charge is 0.176 e. The largest absolute Gasteiger partial charge is 0.397 e. The molecule has 0 aliphatic heterocycles. The van der Waals surface area contributed by atoms with Crippen molar-refractivity contribution in [3.05, 3.63) is 28.3 Å². The number of hydrogen-bond donors (Lipinski definition) is 1. The number of ketones is 1. The second-order valence-corrected chi connectivity index (χ2v) is 3.52. The van der Waals surface area contributed by atoms with Crippen molar-refractivity contribution in [3.63, 3.8) is 0 Å². The molecule has 0 aliphatic carbocycles. The molecule has 5 heteroatoms. The third kappa shape index (κ3) is 1.89. The predicted octanol–water partition coefficient (Wildman–Crippen LogP) is 2.37. The molecule has 1 aromatic rings. The van der Waals surface area contributed by atoms with Gasteiger partial charge in [-0.1, -0.05) is 27.5 Å². The third-order valence-corrected chi connectivity index (χ3v) is 2.55. The number of nitrogens with two attached hydrogens (primary N) is 1. The van der Waals surface area contributed by atoms with E-state index in [-0.39, 0.29) is 33.0 Å². The highest BCUT2D eigenvalue weighted by molar-refractivity contribution is 9.09. The van der Waals surface area contributed by atoms with E-state index in [0.717, 1.165) is 0 Å². The molecule has 0 aromatic heterocycles. The van der Waals surface area contributed by atoms with Gasteiger partial charge in [0.05, 0.1) is 33.2 Å². The number of rotatable bonds is 2. The van der Waals surface area contributed by atoms with Crippen molar-refractivity contribution in [1.29, 1.82) is 5.26 Å². The number of carbonyl (C=O) groups excluding carboxylic acids is 1. The first-order chi connectivity index (χ1) is 6.61. The van der Waals surface area contributed by atoms with Gasteiger partial charge in [-0.3, -0.25) is 4.79 Å². The van der Waals surface area contributed by atoms with Crippen molar-refractivity contribution in [2.75, 3.05) is 11.1 Å². The lowest BCUT2D eigenvalue weighted by atomic mass is 10.0. The second-order valence-electron chi connectivity index (χ2n) is 2.55. The minimum absolute atomic E-state index is 0.117. The van der Waals surface area contributed by atoms with Gasteiger partial charge in [-0.05, 0) is 12.1 Å². The molecule has 0 aliphatic rings. The highest BCUT2D eigenvalue weighted by Crippen LogP contribution is 2.26. The molecule has 0 amide bonds. The van der Waals surface area contributed by atoms with E-state index < -0.39 is 0 Å². The summed E-state index contributed by atoms with van der Waals surface area (Å²) in [7, 11) is 0. The number of anilines is 1. The van der Waals surface area contributed by atoms with E-state index in [4.69, 9.17) is 22.6 Å². The zero-order chi connectivity index (χ0) is 10.7. The fourth-order valence-corrected chi connectivity index (χ4v) is 1.49. The summed E-state index contributed by atoms with van der Waals surface area (Å²) in [5.41, 5.74) is 6.21. The Labute approximate surface area is 94.6 Å². The molecule has 0 saturated carbocycles. The summed E-state index contributed by atoms with van der Waals surface area (Å²) in [6.07, 6.45) is 0. The normalized spacial score (nSPS) is 9.50. The molecule has 0 saturated heterocycles. The first-order valence-electron chi connectivity index (χ1n) is 3.69. The zero-order valence-electron chi connectivity index (χ0n) is 7.05. The first kappa shape index (κ1) is 11.0. The Hall–Kier alpha value is -1.05. The number of carbonyl (C=O) groups is 1. The van der Waals surface area contributed by atoms with Crippen LogP contribution in [0, 0.1) is 11.3 Å². The number of benzene rings is 1. The average molecular weight is 274 g/mol. The molecular weight excluding hydrogens is 267 g/mol. The molecule has 0 unspecified atom stereocenters. The second kappa shape index (κ2) is 4.45. The van der Waals surface area contributed by atoms with Crippen LogP contribution in [0.2, 0.25) is 5.02 Å². The average Bonchev–Trinajstić information content (AvgIpc) is 2.20. The molecule has 0 radical (unpaired) electrons. The van der Waals surface area contributed by atoms with Gasteiger partial charge in [0.15, 0.2) is 5.78 Å². The van der Waals surface area contributed by atoms with Crippen molar-refractivity contribution < 1.29 is 4.79 Å². The lowest BCUT2D eigenvalue weighted by Crippen LogP contribution is -2.08. The first-order valence-corrected chi connectivity index (χ1v) is 5.19. The molecule has 2 N–H and O–H groups in total. The number of Topliss-reactive ketones (excluding diaryl/α,β-unsaturated/α-hetero) is 1. The summed E-state index contributed by atoms with van der Waals surface area (Å²) in [6, 6.07) is 4.88. The summed E-state index contributed by atoms with van der Waals surface area (Å²) in [4.78, 5) is 11.4. The van der Waals surface area contributed by atoms with Gasteiger partial charge in [0, 0.05) is 0 Å². The summed E-state index contributed by atoms with van der Waals surface area (Å²) in [6.45, 7) is 0. The van der Waals surface area contributed by atoms with Crippen molar-refractivity contribution in [1.82, 2.24) is 0 Å². The van der Waals surface area contributed by atoms with Crippen LogP contribution in [0.3, 0.4) is 0 Å². The minimum Gasteiger partial charge on any atom is -0.397 e. The molecule has 1 rings (SSSR count). The van der Waals surface area contributed by atoms with Gasteiger partial charge >= 0.3 is 0 Å². The van der Waals surface area contributed by atoms with E-state index in [1.165, 1.54) is 12.1 Å². The van der Waals surface area contributed by atoms with Gasteiger partial charge in [-0.2, -0.15) is 5.26 Å². The maximum absolute atomic E-state index is 11.4. The molecule has 0 bridgehead atoms. The Morgan fingerprint density at radius 3 is 2.79 bits per heavy atom. The van der Waals surface area contributed by atoms with Gasteiger partial charge in [-0.25, -0.2) is 0 Å². The Morgan fingerprint density at radius 1 is 1.64 bits per heavy atom. The number of alkyl halides is 1. The van der Waals surface area contributed by atoms with E-state index in [0.29, 0.717) is 0 Å². The number of nitriles is 1. The molecule has 0 spiro atoms. The molecule has 0 heterocycles. The molecule has 3 nitrogen and oxygen atoms in total. The molecule has 0 atom stereocenters. The van der Waals surface area contributed by atoms with Crippen molar-refractivity contribution in [2.24, 2.45) is 0 Å². The van der Waals surface area contributed by atoms with Gasteiger partial charge in [-0.15, -0.1) is 0 Å². The number of nitrogens with zero attached hydrogens (tertiary/aromatic N) is 1. The summed E-state index contributed by atoms with van der Waals surface area (Å²) >= 11 is 8.76. The fourth-order valence-electron chi connectivity index (χ4n) is 1.05. The van der Waals surface area contributed by atoms with Crippen molar-refractivity contribution in [3.8, 4) is 6.07 Å². The van der Waals surface area contributed by atoms with Crippen LogP contribution >= 0.6 is 27.5 Å². The van der Waals surface area contributed by atoms with Crippen LogP contribution in [0.4, 0.5) is 5.69 Å². The highest BCUT2D eigenvalue weighted by atomic mass is 79.9. The van der Waals surface area contributed by atoms with E-state index in [9.17, 15) is 4.79 Å². The minimum atomic E-state index is -0.249. The quantitative estimate of drug-likeness (QED) is 0.511. The summed E-state index contributed by atoms with van der Waals surface area (Å²) in [5.74, 6) is -0.249. The lowest BCUT2D eigenvalue weighted by molar-refractivity contribution is 0.102. The van der Waals surface area contributed by atoms with E-state index in [1.807, 2.05) is 6.07 Å². The zero-order valence-corrected chi connectivity index (χ0v) is 9.39. The maximum atomic E-state index is 11.4. The lowest BCUT2D eigenvalue weighted by Gasteiger charge is -2.06. The predicted molar refractivity (Wildman–Crippen MR) is 58.7 cm³/mol. The van der Waals surface area contributed by atoms with E-state index >= 15 is 0 Å². The fraction of sp³-hybridized carbons (Fsp3) is 0.111. The van der Waals surface area contributed by atoms with Gasteiger partial charge in [0.25, 0.3) is 0 Å². The van der Waals surface area contributed by atoms with Crippen LogP contribution < -0.4 is 5.73 Å². The number of halogens is 2. The van der Waals surface area contributed by atoms with Gasteiger partial charge in [0.2, 0.25) is 0 Å². The highest BCUT2D eigenvalue weighted by Gasteiger charge is 2.15. The Bertz CT molecular complexity index is 426. The third-order valence-electron chi connectivity index (χ3n) is 1.71. The van der Waals surface area contributed by atoms with Crippen LogP contribution in [0.15, 0.2) is 12.1 Å². The standard InChI is InChI=1S/C9H6BrClN2O/c10-3-7(14)8-5(4-12)1-2-6(11)9(8)13/h1-2H,3,13H2. The topological polar surface area (TPSA) is 66.9 Å². The van der Waals surface area contributed by atoms with Gasteiger partial charge < -0.3 is 5.73 Å². The van der Waals surface area contributed by atoms with Crippen molar-refractivity contribution >= 4 is 39.0 Å². The molecule has 72 valence electrons. The van der Waals surface area contributed by atoms with Crippen LogP contribution in [-0.2, 0) is 0 Å². The SMILES string of the molecule is N#Cc1ccc(Cl)c(N)c1C(=O)CBr. The Kier molecular flexibility index (Phi) is 3.50. The Balaban J connectivity index is 3.45.